The molecular weight excluding hydrogens is 258 g/mol. The van der Waals surface area contributed by atoms with Gasteiger partial charge in [-0.2, -0.15) is 5.10 Å². The predicted molar refractivity (Wildman–Crippen MR) is 88.8 cm³/mol. The van der Waals surface area contributed by atoms with Crippen molar-refractivity contribution in [3.05, 3.63) is 51.8 Å². The largest absolute Gasteiger partial charge is 0.311 e. The summed E-state index contributed by atoms with van der Waals surface area (Å²) in [5.74, 6) is 0. The second-order valence-corrected chi connectivity index (χ2v) is 5.95. The summed E-state index contributed by atoms with van der Waals surface area (Å²) in [7, 11) is 2.03. The Labute approximate surface area is 128 Å². The molecule has 114 valence electrons. The van der Waals surface area contributed by atoms with Crippen LogP contribution in [0.2, 0.25) is 0 Å². The van der Waals surface area contributed by atoms with Crippen LogP contribution in [0.15, 0.2) is 18.2 Å². The molecule has 3 heteroatoms. The molecule has 0 aliphatic heterocycles. The molecule has 1 aromatic carbocycles. The number of nitrogens with one attached hydrogen (secondary N) is 1. The highest BCUT2D eigenvalue weighted by Gasteiger charge is 2.18. The Kier molecular flexibility index (Phi) is 4.84. The summed E-state index contributed by atoms with van der Waals surface area (Å²) in [6, 6.07) is 7.05. The van der Waals surface area contributed by atoms with Gasteiger partial charge >= 0.3 is 0 Å². The summed E-state index contributed by atoms with van der Waals surface area (Å²) < 4.78 is 2.11. The third-order valence-corrected chi connectivity index (χ3v) is 4.19. The highest BCUT2D eigenvalue weighted by Crippen LogP contribution is 2.24. The van der Waals surface area contributed by atoms with Gasteiger partial charge in [0.1, 0.15) is 0 Å². The standard InChI is InChI=1S/C18H27N3/c1-7-21-18(10-15(5)20-21)17(19-6)11-16-13(3)8-12(2)9-14(16)4/h8-10,17,19H,7,11H2,1-6H3. The minimum Gasteiger partial charge on any atom is -0.311 e. The van der Waals surface area contributed by atoms with Crippen molar-refractivity contribution >= 4 is 0 Å². The molecule has 2 aromatic rings. The molecule has 3 nitrogen and oxygen atoms in total. The number of hydrogen-bond acceptors (Lipinski definition) is 2. The van der Waals surface area contributed by atoms with Crippen LogP contribution in [-0.2, 0) is 13.0 Å². The van der Waals surface area contributed by atoms with Crippen LogP contribution in [0.1, 0.15) is 46.6 Å². The molecule has 0 saturated carbocycles. The van der Waals surface area contributed by atoms with Crippen LogP contribution in [-0.4, -0.2) is 16.8 Å². The van der Waals surface area contributed by atoms with E-state index in [-0.39, 0.29) is 0 Å². The Morgan fingerprint density at radius 3 is 2.24 bits per heavy atom. The lowest BCUT2D eigenvalue weighted by atomic mass is 9.93. The average molecular weight is 285 g/mol. The van der Waals surface area contributed by atoms with Crippen LogP contribution in [0, 0.1) is 27.7 Å². The number of nitrogens with zero attached hydrogens (tertiary/aromatic N) is 2. The number of rotatable bonds is 5. The van der Waals surface area contributed by atoms with E-state index in [1.165, 1.54) is 27.9 Å². The van der Waals surface area contributed by atoms with E-state index in [4.69, 9.17) is 0 Å². The zero-order valence-corrected chi connectivity index (χ0v) is 14.1. The van der Waals surface area contributed by atoms with E-state index in [9.17, 15) is 0 Å². The lowest BCUT2D eigenvalue weighted by molar-refractivity contribution is 0.511. The smallest absolute Gasteiger partial charge is 0.0597 e. The molecule has 1 unspecified atom stereocenters. The van der Waals surface area contributed by atoms with Crippen LogP contribution in [0.25, 0.3) is 0 Å². The minimum atomic E-state index is 0.297. The third-order valence-electron chi connectivity index (χ3n) is 4.19. The van der Waals surface area contributed by atoms with E-state index < -0.39 is 0 Å². The zero-order valence-electron chi connectivity index (χ0n) is 14.1. The van der Waals surface area contributed by atoms with Crippen molar-refractivity contribution < 1.29 is 0 Å². The fourth-order valence-electron chi connectivity index (χ4n) is 3.19. The summed E-state index contributed by atoms with van der Waals surface area (Å²) in [4.78, 5) is 0. The maximum absolute atomic E-state index is 4.58. The summed E-state index contributed by atoms with van der Waals surface area (Å²) in [5.41, 5.74) is 7.91. The quantitative estimate of drug-likeness (QED) is 0.909. The predicted octanol–water partition coefficient (Wildman–Crippen LogP) is 3.64. The molecule has 1 atom stereocenters. The Bertz CT molecular complexity index is 602. The summed E-state index contributed by atoms with van der Waals surface area (Å²) in [6.45, 7) is 11.7. The monoisotopic (exact) mass is 285 g/mol. The van der Waals surface area contributed by atoms with Gasteiger partial charge in [-0.25, -0.2) is 0 Å². The van der Waals surface area contributed by atoms with E-state index in [1.54, 1.807) is 0 Å². The van der Waals surface area contributed by atoms with Crippen LogP contribution in [0.4, 0.5) is 0 Å². The number of aryl methyl sites for hydroxylation is 5. The molecule has 1 heterocycles. The van der Waals surface area contributed by atoms with Gasteiger partial charge in [0.05, 0.1) is 17.4 Å². The number of aromatic nitrogens is 2. The molecule has 0 amide bonds. The van der Waals surface area contributed by atoms with Crippen molar-refractivity contribution in [2.75, 3.05) is 7.05 Å². The summed E-state index contributed by atoms with van der Waals surface area (Å²) in [6.07, 6.45) is 1.000. The molecule has 0 aliphatic rings. The minimum absolute atomic E-state index is 0.297. The molecule has 0 bridgehead atoms. The zero-order chi connectivity index (χ0) is 15.6. The van der Waals surface area contributed by atoms with Gasteiger partial charge in [-0.3, -0.25) is 4.68 Å². The van der Waals surface area contributed by atoms with Gasteiger partial charge in [0.2, 0.25) is 0 Å². The summed E-state index contributed by atoms with van der Waals surface area (Å²) in [5, 5.41) is 8.04. The average Bonchev–Trinajstić information content (AvgIpc) is 2.79. The Morgan fingerprint density at radius 1 is 1.10 bits per heavy atom. The second kappa shape index (κ2) is 6.44. The second-order valence-electron chi connectivity index (χ2n) is 5.95. The third kappa shape index (κ3) is 3.35. The van der Waals surface area contributed by atoms with Gasteiger partial charge in [-0.05, 0) is 70.8 Å². The fourth-order valence-corrected chi connectivity index (χ4v) is 3.19. The van der Waals surface area contributed by atoms with Gasteiger partial charge < -0.3 is 5.32 Å². The van der Waals surface area contributed by atoms with Crippen molar-refractivity contribution in [1.82, 2.24) is 15.1 Å². The van der Waals surface area contributed by atoms with Gasteiger partial charge in [0, 0.05) is 6.54 Å². The highest BCUT2D eigenvalue weighted by molar-refractivity contribution is 5.38. The number of hydrogen-bond donors (Lipinski definition) is 1. The SMILES string of the molecule is CCn1nc(C)cc1C(Cc1c(C)cc(C)cc1C)NC. The molecule has 0 saturated heterocycles. The Hall–Kier alpha value is -1.61. The molecule has 2 rings (SSSR count). The van der Waals surface area contributed by atoms with E-state index >= 15 is 0 Å². The number of benzene rings is 1. The lowest BCUT2D eigenvalue weighted by Gasteiger charge is -2.20. The van der Waals surface area contributed by atoms with Gasteiger partial charge in [0.15, 0.2) is 0 Å². The molecular formula is C18H27N3. The molecule has 1 aromatic heterocycles. The molecule has 0 fully saturated rings. The first kappa shape index (κ1) is 15.8. The lowest BCUT2D eigenvalue weighted by Crippen LogP contribution is -2.23. The van der Waals surface area contributed by atoms with Crippen molar-refractivity contribution in [2.24, 2.45) is 0 Å². The van der Waals surface area contributed by atoms with Crippen LogP contribution in [0.3, 0.4) is 0 Å². The highest BCUT2D eigenvalue weighted by atomic mass is 15.3. The van der Waals surface area contributed by atoms with Gasteiger partial charge in [-0.15, -0.1) is 0 Å². The van der Waals surface area contributed by atoms with Crippen molar-refractivity contribution in [3.8, 4) is 0 Å². The summed E-state index contributed by atoms with van der Waals surface area (Å²) >= 11 is 0. The number of likely N-dealkylation sites (N-methyl/N-ethyl adjacent to an activating group) is 1. The van der Waals surface area contributed by atoms with Crippen molar-refractivity contribution in [2.45, 2.75) is 53.6 Å². The molecule has 0 spiro atoms. The molecule has 1 N–H and O–H groups in total. The van der Waals surface area contributed by atoms with Crippen LogP contribution in [0.5, 0.6) is 0 Å². The van der Waals surface area contributed by atoms with Crippen molar-refractivity contribution in [1.29, 1.82) is 0 Å². The Balaban J connectivity index is 2.35. The van der Waals surface area contributed by atoms with E-state index in [0.717, 1.165) is 18.7 Å². The first-order valence-corrected chi connectivity index (χ1v) is 7.74. The first-order chi connectivity index (χ1) is 9.96. The van der Waals surface area contributed by atoms with Crippen LogP contribution < -0.4 is 5.32 Å². The maximum Gasteiger partial charge on any atom is 0.0597 e. The molecule has 0 radical (unpaired) electrons. The molecule has 0 aliphatic carbocycles. The van der Waals surface area contributed by atoms with Gasteiger partial charge in [-0.1, -0.05) is 17.7 Å². The van der Waals surface area contributed by atoms with E-state index in [1.807, 2.05) is 7.05 Å². The fraction of sp³-hybridized carbons (Fsp3) is 0.500. The normalized spacial score (nSPS) is 12.7. The maximum atomic E-state index is 4.58. The Morgan fingerprint density at radius 2 is 1.71 bits per heavy atom. The van der Waals surface area contributed by atoms with E-state index in [0.29, 0.717) is 6.04 Å². The topological polar surface area (TPSA) is 29.9 Å². The van der Waals surface area contributed by atoms with Crippen molar-refractivity contribution in [3.63, 3.8) is 0 Å². The van der Waals surface area contributed by atoms with Gasteiger partial charge in [0.25, 0.3) is 0 Å². The molecule has 21 heavy (non-hydrogen) atoms. The van der Waals surface area contributed by atoms with Crippen LogP contribution >= 0.6 is 0 Å². The first-order valence-electron chi connectivity index (χ1n) is 7.74. The van der Waals surface area contributed by atoms with E-state index in [2.05, 4.69) is 67.9 Å².